The fourth-order valence-corrected chi connectivity index (χ4v) is 2.06. The molecule has 0 radical (unpaired) electrons. The van der Waals surface area contributed by atoms with Crippen molar-refractivity contribution in [2.75, 3.05) is 13.1 Å². The van der Waals surface area contributed by atoms with Gasteiger partial charge in [-0.1, -0.05) is 0 Å². The van der Waals surface area contributed by atoms with Crippen molar-refractivity contribution in [3.05, 3.63) is 0 Å². The highest BCUT2D eigenvalue weighted by atomic mass is 32.2. The molecule has 0 heterocycles. The molecule has 11 heavy (non-hydrogen) atoms. The van der Waals surface area contributed by atoms with Crippen molar-refractivity contribution >= 4 is 9.84 Å². The molecule has 0 fully saturated rings. The van der Waals surface area contributed by atoms with Gasteiger partial charge in [0.1, 0.15) is 0 Å². The van der Waals surface area contributed by atoms with Gasteiger partial charge in [0.15, 0.2) is 9.84 Å². The highest BCUT2D eigenvalue weighted by Crippen LogP contribution is 2.06. The summed E-state index contributed by atoms with van der Waals surface area (Å²) in [4.78, 5) is 0. The van der Waals surface area contributed by atoms with Crippen LogP contribution in [0.1, 0.15) is 13.8 Å². The molecule has 0 aromatic carbocycles. The quantitative estimate of drug-likeness (QED) is 0.587. The van der Waals surface area contributed by atoms with Crippen LogP contribution in [0.4, 0.5) is 0 Å². The minimum atomic E-state index is -3.09. The first-order valence-corrected chi connectivity index (χ1v) is 5.20. The predicted octanol–water partition coefficient (Wildman–Crippen LogP) is -0.904. The second-order valence-corrected chi connectivity index (χ2v) is 5.52. The maximum Gasteiger partial charge on any atom is 0.157 e. The molecule has 0 saturated heterocycles. The van der Waals surface area contributed by atoms with Crippen molar-refractivity contribution in [3.8, 4) is 0 Å². The van der Waals surface area contributed by atoms with E-state index in [2.05, 4.69) is 0 Å². The molecular formula is C6H16N2O2S. The molecule has 4 nitrogen and oxygen atoms in total. The summed E-state index contributed by atoms with van der Waals surface area (Å²) in [7, 11) is -3.09. The zero-order chi connectivity index (χ0) is 9.07. The summed E-state index contributed by atoms with van der Waals surface area (Å²) in [5, 5.41) is -0.970. The maximum atomic E-state index is 11.3. The number of rotatable bonds is 4. The van der Waals surface area contributed by atoms with Crippen LogP contribution in [0.3, 0.4) is 0 Å². The van der Waals surface area contributed by atoms with E-state index in [1.54, 1.807) is 13.8 Å². The molecule has 0 aliphatic rings. The van der Waals surface area contributed by atoms with E-state index in [1.165, 1.54) is 0 Å². The molecule has 0 amide bonds. The minimum absolute atomic E-state index is 0.108. The first-order chi connectivity index (χ1) is 4.96. The molecule has 0 aromatic rings. The zero-order valence-corrected chi connectivity index (χ0v) is 7.76. The lowest BCUT2D eigenvalue weighted by Crippen LogP contribution is -2.40. The Morgan fingerprint density at radius 1 is 1.18 bits per heavy atom. The summed E-state index contributed by atoms with van der Waals surface area (Å²) in [6.45, 7) is 3.48. The Balaban J connectivity index is 4.53. The molecule has 4 N–H and O–H groups in total. The lowest BCUT2D eigenvalue weighted by Gasteiger charge is -2.15. The van der Waals surface area contributed by atoms with Crippen LogP contribution >= 0.6 is 0 Å². The minimum Gasteiger partial charge on any atom is -0.329 e. The SMILES string of the molecule is CC(C)S(=O)(=O)C(CN)CN. The van der Waals surface area contributed by atoms with Crippen molar-refractivity contribution in [2.24, 2.45) is 11.5 Å². The summed E-state index contributed by atoms with van der Waals surface area (Å²) < 4.78 is 22.7. The van der Waals surface area contributed by atoms with Gasteiger partial charge in [0.25, 0.3) is 0 Å². The first kappa shape index (κ1) is 10.9. The monoisotopic (exact) mass is 180 g/mol. The van der Waals surface area contributed by atoms with Crippen molar-refractivity contribution < 1.29 is 8.42 Å². The molecular weight excluding hydrogens is 164 g/mol. The van der Waals surface area contributed by atoms with E-state index >= 15 is 0 Å². The summed E-state index contributed by atoms with van der Waals surface area (Å²) in [6.07, 6.45) is 0. The second kappa shape index (κ2) is 4.04. The van der Waals surface area contributed by atoms with Gasteiger partial charge in [0.05, 0.1) is 10.5 Å². The molecule has 5 heteroatoms. The normalized spacial score (nSPS) is 12.9. The molecule has 0 aliphatic carbocycles. The molecule has 68 valence electrons. The molecule has 0 bridgehead atoms. The van der Waals surface area contributed by atoms with Crippen LogP contribution < -0.4 is 11.5 Å². The van der Waals surface area contributed by atoms with E-state index in [4.69, 9.17) is 11.5 Å². The number of hydrogen-bond acceptors (Lipinski definition) is 4. The summed E-state index contributed by atoms with van der Waals surface area (Å²) >= 11 is 0. The predicted molar refractivity (Wildman–Crippen MR) is 46.0 cm³/mol. The summed E-state index contributed by atoms with van der Waals surface area (Å²) in [5.74, 6) is 0. The topological polar surface area (TPSA) is 86.2 Å². The maximum absolute atomic E-state index is 11.3. The van der Waals surface area contributed by atoms with Gasteiger partial charge in [-0.05, 0) is 13.8 Å². The molecule has 0 atom stereocenters. The first-order valence-electron chi connectivity index (χ1n) is 3.59. The van der Waals surface area contributed by atoms with Crippen LogP contribution in [0, 0.1) is 0 Å². The number of nitrogens with two attached hydrogens (primary N) is 2. The van der Waals surface area contributed by atoms with E-state index < -0.39 is 15.1 Å². The van der Waals surface area contributed by atoms with E-state index in [1.807, 2.05) is 0 Å². The highest BCUT2D eigenvalue weighted by Gasteiger charge is 2.25. The Kier molecular flexibility index (Phi) is 3.99. The fourth-order valence-electron chi connectivity index (χ4n) is 0.749. The third-order valence-electron chi connectivity index (χ3n) is 1.65. The van der Waals surface area contributed by atoms with Gasteiger partial charge in [0, 0.05) is 13.1 Å². The Hall–Kier alpha value is -0.130. The zero-order valence-electron chi connectivity index (χ0n) is 6.95. The molecule has 0 aliphatic heterocycles. The molecule has 0 saturated carbocycles. The second-order valence-electron chi connectivity index (χ2n) is 2.73. The summed E-state index contributed by atoms with van der Waals surface area (Å²) in [6, 6.07) is 0. The Labute approximate surface area is 67.9 Å². The lowest BCUT2D eigenvalue weighted by molar-refractivity contribution is 0.571. The van der Waals surface area contributed by atoms with Crippen LogP contribution in [0.2, 0.25) is 0 Å². The highest BCUT2D eigenvalue weighted by molar-refractivity contribution is 7.92. The van der Waals surface area contributed by atoms with Crippen LogP contribution in [-0.2, 0) is 9.84 Å². The van der Waals surface area contributed by atoms with Gasteiger partial charge < -0.3 is 11.5 Å². The third-order valence-corrected chi connectivity index (χ3v) is 4.28. The molecule has 0 spiro atoms. The average Bonchev–Trinajstić information content (AvgIpc) is 1.89. The van der Waals surface area contributed by atoms with E-state index in [0.717, 1.165) is 0 Å². The molecule has 0 aromatic heterocycles. The van der Waals surface area contributed by atoms with Crippen LogP contribution in [0.5, 0.6) is 0 Å². The van der Waals surface area contributed by atoms with Gasteiger partial charge in [0.2, 0.25) is 0 Å². The van der Waals surface area contributed by atoms with Crippen molar-refractivity contribution in [1.29, 1.82) is 0 Å². The fraction of sp³-hybridized carbons (Fsp3) is 1.00. The third kappa shape index (κ3) is 2.43. The Morgan fingerprint density at radius 2 is 1.55 bits per heavy atom. The Morgan fingerprint density at radius 3 is 1.64 bits per heavy atom. The smallest absolute Gasteiger partial charge is 0.157 e. The van der Waals surface area contributed by atoms with Gasteiger partial charge in [-0.15, -0.1) is 0 Å². The molecule has 0 rings (SSSR count). The van der Waals surface area contributed by atoms with Crippen LogP contribution in [-0.4, -0.2) is 32.0 Å². The van der Waals surface area contributed by atoms with Gasteiger partial charge >= 0.3 is 0 Å². The van der Waals surface area contributed by atoms with Crippen molar-refractivity contribution in [1.82, 2.24) is 0 Å². The van der Waals surface area contributed by atoms with Crippen LogP contribution in [0.15, 0.2) is 0 Å². The van der Waals surface area contributed by atoms with E-state index in [-0.39, 0.29) is 18.3 Å². The van der Waals surface area contributed by atoms with Gasteiger partial charge in [-0.2, -0.15) is 0 Å². The van der Waals surface area contributed by atoms with Gasteiger partial charge in [-0.3, -0.25) is 0 Å². The standard InChI is InChI=1S/C6H16N2O2S/c1-5(2)11(9,10)6(3-7)4-8/h5-6H,3-4,7-8H2,1-2H3. The summed E-state index contributed by atoms with van der Waals surface area (Å²) in [5.41, 5.74) is 10.5. The van der Waals surface area contributed by atoms with Crippen LogP contribution in [0.25, 0.3) is 0 Å². The number of hydrogen-bond donors (Lipinski definition) is 2. The molecule has 0 unspecified atom stereocenters. The Bertz CT molecular complexity index is 195. The van der Waals surface area contributed by atoms with Crippen molar-refractivity contribution in [3.63, 3.8) is 0 Å². The lowest BCUT2D eigenvalue weighted by atomic mass is 10.4. The largest absolute Gasteiger partial charge is 0.329 e. The van der Waals surface area contributed by atoms with Crippen molar-refractivity contribution in [2.45, 2.75) is 24.3 Å². The van der Waals surface area contributed by atoms with E-state index in [9.17, 15) is 8.42 Å². The van der Waals surface area contributed by atoms with E-state index in [0.29, 0.717) is 0 Å². The number of sulfone groups is 1. The van der Waals surface area contributed by atoms with Gasteiger partial charge in [-0.25, -0.2) is 8.42 Å². The average molecular weight is 180 g/mol.